The van der Waals surface area contributed by atoms with Crippen LogP contribution >= 0.6 is 0 Å². The van der Waals surface area contributed by atoms with Crippen LogP contribution < -0.4 is 5.32 Å². The van der Waals surface area contributed by atoms with Gasteiger partial charge >= 0.3 is 0 Å². The second kappa shape index (κ2) is 7.90. The number of aromatic nitrogens is 3. The topological polar surface area (TPSA) is 59.8 Å². The van der Waals surface area contributed by atoms with Gasteiger partial charge in [0.1, 0.15) is 0 Å². The molecule has 2 aromatic rings. The molecule has 0 aliphatic rings. The zero-order chi connectivity index (χ0) is 16.8. The highest BCUT2D eigenvalue weighted by Crippen LogP contribution is 2.22. The molecule has 2 aromatic heterocycles. The van der Waals surface area contributed by atoms with Crippen LogP contribution in [-0.2, 0) is 18.3 Å². The summed E-state index contributed by atoms with van der Waals surface area (Å²) in [4.78, 5) is 16.3. The minimum Gasteiger partial charge on any atom is -0.355 e. The number of nitrogens with zero attached hydrogens (tertiary/aromatic N) is 3. The van der Waals surface area contributed by atoms with Gasteiger partial charge in [0, 0.05) is 44.5 Å². The van der Waals surface area contributed by atoms with Gasteiger partial charge in [-0.1, -0.05) is 19.9 Å². The van der Waals surface area contributed by atoms with Gasteiger partial charge in [-0.15, -0.1) is 0 Å². The molecule has 0 aliphatic carbocycles. The Hall–Kier alpha value is -2.17. The van der Waals surface area contributed by atoms with Crippen molar-refractivity contribution in [3.05, 3.63) is 47.5 Å². The molecule has 0 aromatic carbocycles. The highest BCUT2D eigenvalue weighted by atomic mass is 16.1. The molecule has 1 unspecified atom stereocenters. The van der Waals surface area contributed by atoms with Gasteiger partial charge in [0.25, 0.3) is 0 Å². The summed E-state index contributed by atoms with van der Waals surface area (Å²) in [6, 6.07) is 4.01. The molecule has 1 atom stereocenters. The fraction of sp³-hybridized carbons (Fsp3) is 0.500. The number of nitrogens with one attached hydrogen (secondary N) is 1. The molecular weight excluding hydrogens is 288 g/mol. The summed E-state index contributed by atoms with van der Waals surface area (Å²) < 4.78 is 1.79. The van der Waals surface area contributed by atoms with Crippen molar-refractivity contribution < 1.29 is 4.79 Å². The summed E-state index contributed by atoms with van der Waals surface area (Å²) in [7, 11) is 1.90. The smallest absolute Gasteiger partial charge is 0.220 e. The number of hydrogen-bond acceptors (Lipinski definition) is 3. The first-order valence-electron chi connectivity index (χ1n) is 8.13. The third kappa shape index (κ3) is 4.91. The molecule has 2 heterocycles. The number of carbonyl (C=O) groups is 1. The first kappa shape index (κ1) is 17.2. The van der Waals surface area contributed by atoms with E-state index in [2.05, 4.69) is 35.3 Å². The van der Waals surface area contributed by atoms with Crippen LogP contribution in [0.2, 0.25) is 0 Å². The van der Waals surface area contributed by atoms with E-state index in [0.717, 1.165) is 17.7 Å². The van der Waals surface area contributed by atoms with Crippen LogP contribution in [0, 0.1) is 12.8 Å². The molecule has 23 heavy (non-hydrogen) atoms. The van der Waals surface area contributed by atoms with Crippen molar-refractivity contribution in [3.8, 4) is 0 Å². The van der Waals surface area contributed by atoms with E-state index in [4.69, 9.17) is 0 Å². The first-order valence-corrected chi connectivity index (χ1v) is 8.13. The maximum atomic E-state index is 12.1. The Morgan fingerprint density at radius 3 is 2.74 bits per heavy atom. The molecule has 0 aliphatic heterocycles. The molecule has 124 valence electrons. The fourth-order valence-corrected chi connectivity index (χ4v) is 2.79. The summed E-state index contributed by atoms with van der Waals surface area (Å²) in [5, 5.41) is 7.37. The van der Waals surface area contributed by atoms with Crippen molar-refractivity contribution in [1.29, 1.82) is 0 Å². The molecular formula is C18H26N4O. The van der Waals surface area contributed by atoms with E-state index in [9.17, 15) is 4.79 Å². The van der Waals surface area contributed by atoms with Crippen LogP contribution in [-0.4, -0.2) is 27.2 Å². The minimum absolute atomic E-state index is 0.0859. The number of pyridine rings is 1. The number of aryl methyl sites for hydroxylation is 3. The maximum Gasteiger partial charge on any atom is 0.220 e. The summed E-state index contributed by atoms with van der Waals surface area (Å²) in [6.07, 6.45) is 6.86. The van der Waals surface area contributed by atoms with Gasteiger partial charge in [-0.2, -0.15) is 5.10 Å². The van der Waals surface area contributed by atoms with Crippen molar-refractivity contribution in [2.45, 2.75) is 39.5 Å². The van der Waals surface area contributed by atoms with E-state index in [1.165, 1.54) is 5.56 Å². The monoisotopic (exact) mass is 314 g/mol. The Kier molecular flexibility index (Phi) is 5.90. The molecule has 1 amide bonds. The molecule has 0 bridgehead atoms. The average Bonchev–Trinajstić information content (AvgIpc) is 2.84. The van der Waals surface area contributed by atoms with Crippen molar-refractivity contribution in [3.63, 3.8) is 0 Å². The Morgan fingerprint density at radius 2 is 2.17 bits per heavy atom. The first-order chi connectivity index (χ1) is 11.0. The Bertz CT molecular complexity index is 634. The van der Waals surface area contributed by atoms with Crippen LogP contribution in [0.5, 0.6) is 0 Å². The normalized spacial score (nSPS) is 12.4. The maximum absolute atomic E-state index is 12.1. The Balaban J connectivity index is 1.86. The number of hydrogen-bond donors (Lipinski definition) is 1. The lowest BCUT2D eigenvalue weighted by Gasteiger charge is -2.21. The van der Waals surface area contributed by atoms with Crippen LogP contribution in [0.3, 0.4) is 0 Å². The van der Waals surface area contributed by atoms with Crippen LogP contribution in [0.15, 0.2) is 30.7 Å². The van der Waals surface area contributed by atoms with E-state index in [1.54, 1.807) is 10.9 Å². The van der Waals surface area contributed by atoms with Gasteiger partial charge in [0.15, 0.2) is 0 Å². The Labute approximate surface area is 138 Å². The SMILES string of the molecule is Cc1nn(C)cc1CCC(=O)NCC(c1cccnc1)C(C)C. The van der Waals surface area contributed by atoms with Gasteiger partial charge in [-0.25, -0.2) is 0 Å². The number of rotatable bonds is 7. The summed E-state index contributed by atoms with van der Waals surface area (Å²) in [6.45, 7) is 6.96. The Morgan fingerprint density at radius 1 is 1.39 bits per heavy atom. The van der Waals surface area contributed by atoms with E-state index in [0.29, 0.717) is 18.9 Å². The van der Waals surface area contributed by atoms with Crippen LogP contribution in [0.4, 0.5) is 0 Å². The van der Waals surface area contributed by atoms with Gasteiger partial charge in [-0.3, -0.25) is 14.5 Å². The standard InChI is InChI=1S/C18H26N4O/c1-13(2)17(15-6-5-9-19-10-15)11-20-18(23)8-7-16-12-22(4)21-14(16)3/h5-6,9-10,12-13,17H,7-8,11H2,1-4H3,(H,20,23). The number of carbonyl (C=O) groups excluding carboxylic acids is 1. The molecule has 1 N–H and O–H groups in total. The van der Waals surface area contributed by atoms with E-state index in [1.807, 2.05) is 32.4 Å². The molecule has 0 fully saturated rings. The van der Waals surface area contributed by atoms with Crippen molar-refractivity contribution in [1.82, 2.24) is 20.1 Å². The van der Waals surface area contributed by atoms with Gasteiger partial charge in [-0.05, 0) is 36.5 Å². The highest BCUT2D eigenvalue weighted by molar-refractivity contribution is 5.76. The predicted molar refractivity (Wildman–Crippen MR) is 91.1 cm³/mol. The lowest BCUT2D eigenvalue weighted by atomic mass is 9.89. The summed E-state index contributed by atoms with van der Waals surface area (Å²) in [5.74, 6) is 0.815. The zero-order valence-corrected chi connectivity index (χ0v) is 14.4. The summed E-state index contributed by atoms with van der Waals surface area (Å²) in [5.41, 5.74) is 3.30. The van der Waals surface area contributed by atoms with Gasteiger partial charge in [0.2, 0.25) is 5.91 Å². The second-order valence-electron chi connectivity index (χ2n) is 6.35. The molecule has 5 heteroatoms. The van der Waals surface area contributed by atoms with Gasteiger partial charge < -0.3 is 5.32 Å². The van der Waals surface area contributed by atoms with E-state index in [-0.39, 0.29) is 11.8 Å². The molecule has 0 radical (unpaired) electrons. The molecule has 0 spiro atoms. The van der Waals surface area contributed by atoms with E-state index >= 15 is 0 Å². The molecule has 0 saturated carbocycles. The molecule has 0 saturated heterocycles. The summed E-state index contributed by atoms with van der Waals surface area (Å²) >= 11 is 0. The second-order valence-corrected chi connectivity index (χ2v) is 6.35. The predicted octanol–water partition coefficient (Wildman–Crippen LogP) is 2.61. The van der Waals surface area contributed by atoms with E-state index < -0.39 is 0 Å². The van der Waals surface area contributed by atoms with Crippen molar-refractivity contribution >= 4 is 5.91 Å². The zero-order valence-electron chi connectivity index (χ0n) is 14.4. The van der Waals surface area contributed by atoms with Crippen molar-refractivity contribution in [2.24, 2.45) is 13.0 Å². The van der Waals surface area contributed by atoms with Gasteiger partial charge in [0.05, 0.1) is 5.69 Å². The minimum atomic E-state index is 0.0859. The number of amides is 1. The highest BCUT2D eigenvalue weighted by Gasteiger charge is 2.17. The lowest BCUT2D eigenvalue weighted by molar-refractivity contribution is -0.121. The van der Waals surface area contributed by atoms with Crippen LogP contribution in [0.25, 0.3) is 0 Å². The average molecular weight is 314 g/mol. The molecule has 5 nitrogen and oxygen atoms in total. The lowest BCUT2D eigenvalue weighted by Crippen LogP contribution is -2.30. The van der Waals surface area contributed by atoms with Crippen molar-refractivity contribution in [2.75, 3.05) is 6.54 Å². The quantitative estimate of drug-likeness (QED) is 0.854. The van der Waals surface area contributed by atoms with Crippen LogP contribution in [0.1, 0.15) is 43.0 Å². The molecule has 2 rings (SSSR count). The third-order valence-electron chi connectivity index (χ3n) is 4.17. The fourth-order valence-electron chi connectivity index (χ4n) is 2.79. The third-order valence-corrected chi connectivity index (χ3v) is 4.17. The largest absolute Gasteiger partial charge is 0.355 e.